The highest BCUT2D eigenvalue weighted by Gasteiger charge is 2.19. The first kappa shape index (κ1) is 15.1. The summed E-state index contributed by atoms with van der Waals surface area (Å²) in [5.41, 5.74) is 0.527. The van der Waals surface area contributed by atoms with Gasteiger partial charge in [0, 0.05) is 11.3 Å². The maximum Gasteiger partial charge on any atom is 0.339 e. The van der Waals surface area contributed by atoms with E-state index in [1.807, 2.05) is 13.2 Å². The van der Waals surface area contributed by atoms with Gasteiger partial charge < -0.3 is 15.5 Å². The summed E-state index contributed by atoms with van der Waals surface area (Å²) in [6, 6.07) is 4.83. The Labute approximate surface area is 115 Å². The molecule has 6 heteroatoms. The maximum absolute atomic E-state index is 11.2. The van der Waals surface area contributed by atoms with Crippen molar-refractivity contribution in [2.24, 2.45) is 0 Å². The van der Waals surface area contributed by atoms with Gasteiger partial charge in [0.1, 0.15) is 5.56 Å². The number of carbonyl (C=O) groups is 1. The van der Waals surface area contributed by atoms with Crippen LogP contribution in [-0.4, -0.2) is 40.3 Å². The van der Waals surface area contributed by atoms with Gasteiger partial charge in [-0.05, 0) is 25.3 Å². The van der Waals surface area contributed by atoms with Crippen LogP contribution in [0.25, 0.3) is 0 Å². The normalized spacial score (nSPS) is 14.0. The summed E-state index contributed by atoms with van der Waals surface area (Å²) >= 11 is 7.40. The van der Waals surface area contributed by atoms with E-state index in [-0.39, 0.29) is 28.5 Å². The van der Waals surface area contributed by atoms with Crippen molar-refractivity contribution in [2.45, 2.75) is 18.2 Å². The molecule has 4 nitrogen and oxygen atoms in total. The van der Waals surface area contributed by atoms with Gasteiger partial charge in [-0.3, -0.25) is 0 Å². The number of rotatable bonds is 6. The molecule has 0 saturated heterocycles. The minimum Gasteiger partial charge on any atom is -0.478 e. The molecule has 0 fully saturated rings. The average Bonchev–Trinajstić information content (AvgIpc) is 2.30. The number of benzene rings is 1. The number of aliphatic hydroxyl groups excluding tert-OH is 1. The summed E-state index contributed by atoms with van der Waals surface area (Å²) in [5, 5.41) is 21.6. The third-order valence-electron chi connectivity index (χ3n) is 2.65. The lowest BCUT2D eigenvalue weighted by molar-refractivity contribution is 0.0698. The van der Waals surface area contributed by atoms with Crippen LogP contribution in [0.1, 0.15) is 17.3 Å². The number of aromatic carboxylic acids is 1. The first-order valence-corrected chi connectivity index (χ1v) is 7.09. The van der Waals surface area contributed by atoms with Crippen molar-refractivity contribution in [1.29, 1.82) is 0 Å². The molecule has 0 bridgehead atoms. The number of carboxylic acid groups (broad SMARTS) is 1. The molecule has 100 valence electrons. The van der Waals surface area contributed by atoms with Crippen molar-refractivity contribution in [3.8, 4) is 0 Å². The van der Waals surface area contributed by atoms with E-state index in [1.165, 1.54) is 11.8 Å². The maximum atomic E-state index is 11.2. The van der Waals surface area contributed by atoms with E-state index in [9.17, 15) is 9.90 Å². The molecule has 0 aliphatic rings. The number of nitrogens with one attached hydrogen (secondary N) is 1. The van der Waals surface area contributed by atoms with Crippen LogP contribution in [0.15, 0.2) is 18.2 Å². The highest BCUT2D eigenvalue weighted by atomic mass is 35.5. The van der Waals surface area contributed by atoms with E-state index in [2.05, 4.69) is 5.32 Å². The molecule has 3 N–H and O–H groups in total. The first-order valence-electron chi connectivity index (χ1n) is 5.43. The van der Waals surface area contributed by atoms with Gasteiger partial charge in [0.15, 0.2) is 0 Å². The zero-order valence-corrected chi connectivity index (χ0v) is 11.8. The predicted molar refractivity (Wildman–Crippen MR) is 75.9 cm³/mol. The Bertz CT molecular complexity index is 424. The van der Waals surface area contributed by atoms with Gasteiger partial charge in [-0.25, -0.2) is 4.79 Å². The third-order valence-corrected chi connectivity index (χ3v) is 4.13. The van der Waals surface area contributed by atoms with Gasteiger partial charge in [-0.15, -0.1) is 0 Å². The van der Waals surface area contributed by atoms with Crippen molar-refractivity contribution in [3.05, 3.63) is 28.8 Å². The third kappa shape index (κ3) is 3.54. The topological polar surface area (TPSA) is 69.6 Å². The molecular formula is C12H16ClNO3S. The fourth-order valence-electron chi connectivity index (χ4n) is 1.64. The summed E-state index contributed by atoms with van der Waals surface area (Å²) in [6.07, 6.45) is 1.90. The Kier molecular flexibility index (Phi) is 5.78. The van der Waals surface area contributed by atoms with Crippen LogP contribution >= 0.6 is 23.4 Å². The molecule has 18 heavy (non-hydrogen) atoms. The predicted octanol–water partition coefficient (Wildman–Crippen LogP) is 2.56. The van der Waals surface area contributed by atoms with E-state index in [0.717, 1.165) is 0 Å². The van der Waals surface area contributed by atoms with Crippen LogP contribution in [-0.2, 0) is 0 Å². The lowest BCUT2D eigenvalue weighted by Gasteiger charge is -2.23. The summed E-state index contributed by atoms with van der Waals surface area (Å²) in [5.74, 6) is -1.07. The Hall–Kier alpha value is -0.910. The number of anilines is 1. The summed E-state index contributed by atoms with van der Waals surface area (Å²) < 4.78 is 0. The van der Waals surface area contributed by atoms with Gasteiger partial charge >= 0.3 is 5.97 Å². The van der Waals surface area contributed by atoms with Crippen molar-refractivity contribution < 1.29 is 15.0 Å². The van der Waals surface area contributed by atoms with Crippen molar-refractivity contribution in [3.63, 3.8) is 0 Å². The molecule has 2 unspecified atom stereocenters. The minimum atomic E-state index is -1.07. The number of thioether (sulfide) groups is 1. The molecule has 0 aliphatic carbocycles. The lowest BCUT2D eigenvalue weighted by atomic mass is 10.1. The molecule has 0 aliphatic heterocycles. The molecule has 1 rings (SSSR count). The Morgan fingerprint density at radius 2 is 2.22 bits per heavy atom. The van der Waals surface area contributed by atoms with E-state index >= 15 is 0 Å². The van der Waals surface area contributed by atoms with Crippen molar-refractivity contribution in [2.75, 3.05) is 18.2 Å². The summed E-state index contributed by atoms with van der Waals surface area (Å²) in [7, 11) is 0. The van der Waals surface area contributed by atoms with Crippen LogP contribution in [0.2, 0.25) is 5.02 Å². The van der Waals surface area contributed by atoms with Gasteiger partial charge in [-0.2, -0.15) is 11.8 Å². The standard InChI is InChI=1S/C12H16ClNO3S/c1-7(10(6-15)18-2)14-9-5-3-4-8(13)11(9)12(16)17/h3-5,7,10,14-15H,6H2,1-2H3,(H,16,17). The Balaban J connectivity index is 2.97. The van der Waals surface area contributed by atoms with E-state index in [0.29, 0.717) is 5.69 Å². The smallest absolute Gasteiger partial charge is 0.339 e. The summed E-state index contributed by atoms with van der Waals surface area (Å²) in [6.45, 7) is 1.92. The molecular weight excluding hydrogens is 274 g/mol. The second-order valence-corrected chi connectivity index (χ2v) is 5.34. The highest BCUT2D eigenvalue weighted by Crippen LogP contribution is 2.26. The van der Waals surface area contributed by atoms with E-state index < -0.39 is 5.97 Å². The van der Waals surface area contributed by atoms with E-state index in [1.54, 1.807) is 18.2 Å². The van der Waals surface area contributed by atoms with Crippen LogP contribution in [0.5, 0.6) is 0 Å². The number of hydrogen-bond acceptors (Lipinski definition) is 4. The van der Waals surface area contributed by atoms with Crippen LogP contribution < -0.4 is 5.32 Å². The fourth-order valence-corrected chi connectivity index (χ4v) is 2.52. The van der Waals surface area contributed by atoms with Gasteiger partial charge in [0.2, 0.25) is 0 Å². The SMILES string of the molecule is CSC(CO)C(C)Nc1cccc(Cl)c1C(=O)O. The molecule has 0 aromatic heterocycles. The van der Waals surface area contributed by atoms with Crippen molar-refractivity contribution >= 4 is 35.0 Å². The van der Waals surface area contributed by atoms with Gasteiger partial charge in [0.05, 0.1) is 17.3 Å². The molecule has 1 aromatic rings. The van der Waals surface area contributed by atoms with Crippen LogP contribution in [0, 0.1) is 0 Å². The molecule has 0 spiro atoms. The quantitative estimate of drug-likeness (QED) is 0.751. The molecule has 0 amide bonds. The second kappa shape index (κ2) is 6.87. The number of aliphatic hydroxyl groups is 1. The van der Waals surface area contributed by atoms with Crippen LogP contribution in [0.4, 0.5) is 5.69 Å². The lowest BCUT2D eigenvalue weighted by Crippen LogP contribution is -2.31. The monoisotopic (exact) mass is 289 g/mol. The molecule has 1 aromatic carbocycles. The molecule has 0 heterocycles. The highest BCUT2D eigenvalue weighted by molar-refractivity contribution is 7.99. The zero-order chi connectivity index (χ0) is 13.7. The number of hydrogen-bond donors (Lipinski definition) is 3. The van der Waals surface area contributed by atoms with E-state index in [4.69, 9.17) is 16.7 Å². The largest absolute Gasteiger partial charge is 0.478 e. The second-order valence-electron chi connectivity index (χ2n) is 3.86. The fraction of sp³-hybridized carbons (Fsp3) is 0.417. The first-order chi connectivity index (χ1) is 8.51. The minimum absolute atomic E-state index is 0.00868. The summed E-state index contributed by atoms with van der Waals surface area (Å²) in [4.78, 5) is 11.2. The average molecular weight is 290 g/mol. The number of halogens is 1. The van der Waals surface area contributed by atoms with Crippen molar-refractivity contribution in [1.82, 2.24) is 0 Å². The zero-order valence-electron chi connectivity index (χ0n) is 10.2. The van der Waals surface area contributed by atoms with Gasteiger partial charge in [-0.1, -0.05) is 17.7 Å². The molecule has 2 atom stereocenters. The number of carboxylic acids is 1. The van der Waals surface area contributed by atoms with Gasteiger partial charge in [0.25, 0.3) is 0 Å². The molecule has 0 saturated carbocycles. The Morgan fingerprint density at radius 3 is 2.72 bits per heavy atom. The Morgan fingerprint density at radius 1 is 1.56 bits per heavy atom. The molecule has 0 radical (unpaired) electrons. The van der Waals surface area contributed by atoms with Crippen LogP contribution in [0.3, 0.4) is 0 Å².